The number of para-hydroxylation sites is 1. The topological polar surface area (TPSA) is 58.4 Å². The number of anilines is 2. The minimum absolute atomic E-state index is 0.000969. The Morgan fingerprint density at radius 3 is 2.68 bits per heavy atom. The molecule has 0 aliphatic heterocycles. The number of benzene rings is 1. The van der Waals surface area contributed by atoms with E-state index in [1.807, 2.05) is 19.1 Å². The van der Waals surface area contributed by atoms with Gasteiger partial charge in [-0.1, -0.05) is 32.4 Å². The van der Waals surface area contributed by atoms with Crippen molar-refractivity contribution in [3.05, 3.63) is 23.8 Å². The van der Waals surface area contributed by atoms with Gasteiger partial charge in [-0.25, -0.2) is 0 Å². The fourth-order valence-electron chi connectivity index (χ4n) is 1.97. The van der Waals surface area contributed by atoms with E-state index < -0.39 is 0 Å². The van der Waals surface area contributed by atoms with E-state index >= 15 is 0 Å². The summed E-state index contributed by atoms with van der Waals surface area (Å²) in [4.78, 5) is 14.2. The van der Waals surface area contributed by atoms with Gasteiger partial charge in [0.1, 0.15) is 0 Å². The Hall–Kier alpha value is -1.55. The summed E-state index contributed by atoms with van der Waals surface area (Å²) in [6.45, 7) is 8.44. The van der Waals surface area contributed by atoms with Crippen LogP contribution in [0.15, 0.2) is 18.2 Å². The highest BCUT2D eigenvalue weighted by Crippen LogP contribution is 2.22. The van der Waals surface area contributed by atoms with Gasteiger partial charge in [0.25, 0.3) is 0 Å². The molecule has 0 aliphatic rings. The highest BCUT2D eigenvalue weighted by atomic mass is 16.2. The Balaban J connectivity index is 2.59. The molecule has 106 valence electrons. The third kappa shape index (κ3) is 4.91. The minimum atomic E-state index is -0.000969. The molecule has 3 N–H and O–H groups in total. The Morgan fingerprint density at radius 1 is 1.37 bits per heavy atom. The van der Waals surface area contributed by atoms with Gasteiger partial charge in [-0.2, -0.15) is 0 Å². The normalized spacial score (nSPS) is 10.7. The minimum Gasteiger partial charge on any atom is -0.397 e. The van der Waals surface area contributed by atoms with E-state index in [-0.39, 0.29) is 5.91 Å². The lowest BCUT2D eigenvalue weighted by atomic mass is 10.1. The molecule has 0 saturated heterocycles. The smallest absolute Gasteiger partial charge is 0.238 e. The Kier molecular flexibility index (Phi) is 6.36. The molecule has 1 aromatic rings. The number of hydrogen-bond donors (Lipinski definition) is 2. The summed E-state index contributed by atoms with van der Waals surface area (Å²) in [7, 11) is 0. The monoisotopic (exact) mass is 263 g/mol. The number of unbranched alkanes of at least 4 members (excludes halogenated alkanes) is 1. The number of amides is 1. The first kappa shape index (κ1) is 15.5. The number of aryl methyl sites for hydroxylation is 1. The zero-order valence-corrected chi connectivity index (χ0v) is 12.2. The molecule has 4 nitrogen and oxygen atoms in total. The Bertz CT molecular complexity index is 398. The summed E-state index contributed by atoms with van der Waals surface area (Å²) in [5.41, 5.74) is 8.23. The summed E-state index contributed by atoms with van der Waals surface area (Å²) in [6, 6.07) is 5.64. The number of nitrogens with two attached hydrogens (primary N) is 1. The fourth-order valence-corrected chi connectivity index (χ4v) is 1.97. The number of rotatable bonds is 7. The van der Waals surface area contributed by atoms with Gasteiger partial charge in [-0.05, 0) is 38.1 Å². The van der Waals surface area contributed by atoms with Crippen LogP contribution in [0.4, 0.5) is 11.4 Å². The maximum absolute atomic E-state index is 12.0. The number of nitrogens with one attached hydrogen (secondary N) is 1. The van der Waals surface area contributed by atoms with Gasteiger partial charge in [0.2, 0.25) is 5.91 Å². The molecule has 0 radical (unpaired) electrons. The molecular formula is C15H25N3O. The van der Waals surface area contributed by atoms with Crippen LogP contribution >= 0.6 is 0 Å². The highest BCUT2D eigenvalue weighted by Gasteiger charge is 2.11. The van der Waals surface area contributed by atoms with E-state index in [1.165, 1.54) is 0 Å². The lowest BCUT2D eigenvalue weighted by Crippen LogP contribution is -2.34. The van der Waals surface area contributed by atoms with Gasteiger partial charge >= 0.3 is 0 Å². The molecule has 0 aliphatic carbocycles. The summed E-state index contributed by atoms with van der Waals surface area (Å²) < 4.78 is 0. The van der Waals surface area contributed by atoms with E-state index in [2.05, 4.69) is 24.1 Å². The molecule has 0 saturated carbocycles. The summed E-state index contributed by atoms with van der Waals surface area (Å²) in [5.74, 6) is -0.000969. The molecule has 1 rings (SSSR count). The molecule has 4 heteroatoms. The molecule has 0 bridgehead atoms. The fraction of sp³-hybridized carbons (Fsp3) is 0.533. The van der Waals surface area contributed by atoms with Crippen LogP contribution in [0.1, 0.15) is 32.3 Å². The average Bonchev–Trinajstić information content (AvgIpc) is 2.39. The number of hydrogen-bond acceptors (Lipinski definition) is 3. The first-order chi connectivity index (χ1) is 9.08. The van der Waals surface area contributed by atoms with E-state index in [1.54, 1.807) is 6.07 Å². The number of likely N-dealkylation sites (N-methyl/N-ethyl adjacent to an activating group) is 1. The van der Waals surface area contributed by atoms with Gasteiger partial charge in [-0.15, -0.1) is 0 Å². The van der Waals surface area contributed by atoms with Crippen molar-refractivity contribution in [2.75, 3.05) is 30.7 Å². The van der Waals surface area contributed by atoms with Gasteiger partial charge < -0.3 is 11.1 Å². The second kappa shape index (κ2) is 7.79. The second-order valence-electron chi connectivity index (χ2n) is 4.81. The van der Waals surface area contributed by atoms with E-state index in [4.69, 9.17) is 5.73 Å². The standard InChI is InChI=1S/C15H25N3O/c1-4-6-10-18(5-2)11-14(19)17-15-12(3)8-7-9-13(15)16/h7-9H,4-6,10-11,16H2,1-3H3,(H,17,19). The van der Waals surface area contributed by atoms with E-state index in [0.29, 0.717) is 12.2 Å². The zero-order chi connectivity index (χ0) is 14.3. The predicted octanol–water partition coefficient (Wildman–Crippen LogP) is 2.64. The van der Waals surface area contributed by atoms with Crippen molar-refractivity contribution in [2.24, 2.45) is 0 Å². The number of carbonyl (C=O) groups excluding carboxylic acids is 1. The van der Waals surface area contributed by atoms with Crippen molar-refractivity contribution in [3.63, 3.8) is 0 Å². The van der Waals surface area contributed by atoms with Crippen molar-refractivity contribution in [1.29, 1.82) is 0 Å². The Morgan fingerprint density at radius 2 is 2.11 bits per heavy atom. The van der Waals surface area contributed by atoms with Gasteiger partial charge in [0.05, 0.1) is 17.9 Å². The van der Waals surface area contributed by atoms with Crippen LogP contribution in [0.5, 0.6) is 0 Å². The predicted molar refractivity (Wildman–Crippen MR) is 81.2 cm³/mol. The quantitative estimate of drug-likeness (QED) is 0.743. The number of carbonyl (C=O) groups is 1. The SMILES string of the molecule is CCCCN(CC)CC(=O)Nc1c(C)cccc1N. The molecule has 0 unspecified atom stereocenters. The van der Waals surface area contributed by atoms with Crippen LogP contribution in [0.25, 0.3) is 0 Å². The molecule has 0 spiro atoms. The first-order valence-electron chi connectivity index (χ1n) is 6.95. The largest absolute Gasteiger partial charge is 0.397 e. The summed E-state index contributed by atoms with van der Waals surface area (Å²) >= 11 is 0. The van der Waals surface area contributed by atoms with Crippen molar-refractivity contribution in [3.8, 4) is 0 Å². The lowest BCUT2D eigenvalue weighted by Gasteiger charge is -2.20. The van der Waals surface area contributed by atoms with Crippen molar-refractivity contribution in [1.82, 2.24) is 4.90 Å². The van der Waals surface area contributed by atoms with Crippen LogP contribution < -0.4 is 11.1 Å². The van der Waals surface area contributed by atoms with Crippen LogP contribution in [0, 0.1) is 6.92 Å². The van der Waals surface area contributed by atoms with Gasteiger partial charge in [0, 0.05) is 0 Å². The van der Waals surface area contributed by atoms with Crippen LogP contribution in [-0.4, -0.2) is 30.4 Å². The molecule has 19 heavy (non-hydrogen) atoms. The number of nitrogens with zero attached hydrogens (tertiary/aromatic N) is 1. The molecule has 0 fully saturated rings. The van der Waals surface area contributed by atoms with Crippen LogP contribution in [0.3, 0.4) is 0 Å². The van der Waals surface area contributed by atoms with E-state index in [0.717, 1.165) is 37.2 Å². The van der Waals surface area contributed by atoms with Crippen LogP contribution in [-0.2, 0) is 4.79 Å². The average molecular weight is 263 g/mol. The second-order valence-corrected chi connectivity index (χ2v) is 4.81. The maximum Gasteiger partial charge on any atom is 0.238 e. The molecule has 0 heterocycles. The molecule has 0 aromatic heterocycles. The van der Waals surface area contributed by atoms with Gasteiger partial charge in [-0.3, -0.25) is 9.69 Å². The van der Waals surface area contributed by atoms with Crippen molar-refractivity contribution < 1.29 is 4.79 Å². The van der Waals surface area contributed by atoms with E-state index in [9.17, 15) is 4.79 Å². The molecular weight excluding hydrogens is 238 g/mol. The molecule has 0 atom stereocenters. The van der Waals surface area contributed by atoms with Gasteiger partial charge in [0.15, 0.2) is 0 Å². The highest BCUT2D eigenvalue weighted by molar-refractivity contribution is 5.96. The zero-order valence-electron chi connectivity index (χ0n) is 12.2. The third-order valence-electron chi connectivity index (χ3n) is 3.21. The van der Waals surface area contributed by atoms with Crippen LogP contribution in [0.2, 0.25) is 0 Å². The molecule has 1 aromatic carbocycles. The summed E-state index contributed by atoms with van der Waals surface area (Å²) in [6.07, 6.45) is 2.26. The molecule has 1 amide bonds. The van der Waals surface area contributed by atoms with Crippen molar-refractivity contribution in [2.45, 2.75) is 33.6 Å². The third-order valence-corrected chi connectivity index (χ3v) is 3.21. The lowest BCUT2D eigenvalue weighted by molar-refractivity contribution is -0.117. The number of nitrogen functional groups attached to an aromatic ring is 1. The van der Waals surface area contributed by atoms with Crippen molar-refractivity contribution >= 4 is 17.3 Å². The Labute approximate surface area is 116 Å². The maximum atomic E-state index is 12.0. The summed E-state index contributed by atoms with van der Waals surface area (Å²) in [5, 5.41) is 2.91. The first-order valence-corrected chi connectivity index (χ1v) is 6.95.